The van der Waals surface area contributed by atoms with Crippen molar-refractivity contribution < 1.29 is 24.1 Å². The lowest BCUT2D eigenvalue weighted by Gasteiger charge is -2.26. The van der Waals surface area contributed by atoms with Crippen LogP contribution in [0.2, 0.25) is 0 Å². The van der Waals surface area contributed by atoms with E-state index in [4.69, 9.17) is 25.1 Å². The zero-order valence-corrected chi connectivity index (χ0v) is 12.3. The third-order valence-corrected chi connectivity index (χ3v) is 3.75. The number of rotatable bonds is 7. The molecule has 116 valence electrons. The third-order valence-electron chi connectivity index (χ3n) is 3.75. The van der Waals surface area contributed by atoms with Gasteiger partial charge in [0, 0.05) is 0 Å². The van der Waals surface area contributed by atoms with Crippen LogP contribution in [0.1, 0.15) is 18.4 Å². The Kier molecular flexibility index (Phi) is 4.69. The SMILES string of the molecule is COC(=O)C(N)(COc1ccc(CO)cc1OC)C1CC1. The van der Waals surface area contributed by atoms with Gasteiger partial charge in [-0.2, -0.15) is 0 Å². The van der Waals surface area contributed by atoms with Crippen LogP contribution in [0.25, 0.3) is 0 Å². The van der Waals surface area contributed by atoms with Gasteiger partial charge in [-0.25, -0.2) is 4.79 Å². The molecular formula is C15H21NO5. The minimum absolute atomic E-state index is 0.0270. The lowest BCUT2D eigenvalue weighted by atomic mass is 9.96. The Hall–Kier alpha value is -1.79. The largest absolute Gasteiger partial charge is 0.493 e. The first-order valence-corrected chi connectivity index (χ1v) is 6.83. The first-order chi connectivity index (χ1) is 10.0. The molecule has 21 heavy (non-hydrogen) atoms. The predicted molar refractivity (Wildman–Crippen MR) is 76.1 cm³/mol. The number of hydrogen-bond donors (Lipinski definition) is 2. The molecule has 1 atom stereocenters. The second-order valence-corrected chi connectivity index (χ2v) is 5.24. The standard InChI is InChI=1S/C15H21NO5/c1-19-13-7-10(8-17)3-6-12(13)21-9-15(16,11-4-5-11)14(18)20-2/h3,6-7,11,17H,4-5,8-9,16H2,1-2H3. The van der Waals surface area contributed by atoms with Crippen LogP contribution in [0.15, 0.2) is 18.2 Å². The molecule has 1 aromatic rings. The first-order valence-electron chi connectivity index (χ1n) is 6.83. The zero-order chi connectivity index (χ0) is 15.5. The van der Waals surface area contributed by atoms with E-state index in [0.717, 1.165) is 12.8 Å². The smallest absolute Gasteiger partial charge is 0.329 e. The number of ether oxygens (including phenoxy) is 3. The van der Waals surface area contributed by atoms with Gasteiger partial charge in [-0.05, 0) is 36.5 Å². The van der Waals surface area contributed by atoms with Crippen molar-refractivity contribution in [1.29, 1.82) is 0 Å². The van der Waals surface area contributed by atoms with E-state index in [-0.39, 0.29) is 19.1 Å². The van der Waals surface area contributed by atoms with E-state index >= 15 is 0 Å². The van der Waals surface area contributed by atoms with Gasteiger partial charge in [0.25, 0.3) is 0 Å². The van der Waals surface area contributed by atoms with E-state index in [1.54, 1.807) is 18.2 Å². The van der Waals surface area contributed by atoms with Crippen LogP contribution in [-0.2, 0) is 16.1 Å². The van der Waals surface area contributed by atoms with E-state index in [0.29, 0.717) is 17.1 Å². The van der Waals surface area contributed by atoms with Crippen LogP contribution in [-0.4, -0.2) is 37.4 Å². The molecule has 1 saturated carbocycles. The van der Waals surface area contributed by atoms with E-state index in [1.165, 1.54) is 14.2 Å². The van der Waals surface area contributed by atoms with Crippen molar-refractivity contribution in [3.8, 4) is 11.5 Å². The molecule has 0 heterocycles. The minimum Gasteiger partial charge on any atom is -0.493 e. The van der Waals surface area contributed by atoms with Gasteiger partial charge in [0.15, 0.2) is 17.0 Å². The highest BCUT2D eigenvalue weighted by atomic mass is 16.5. The highest BCUT2D eigenvalue weighted by Crippen LogP contribution is 2.40. The van der Waals surface area contributed by atoms with Gasteiger partial charge >= 0.3 is 5.97 Å². The number of nitrogens with two attached hydrogens (primary N) is 1. The van der Waals surface area contributed by atoms with E-state index in [9.17, 15) is 4.79 Å². The molecule has 1 aliphatic rings. The maximum Gasteiger partial charge on any atom is 0.329 e. The Morgan fingerprint density at radius 3 is 2.62 bits per heavy atom. The number of carbonyl (C=O) groups excluding carboxylic acids is 1. The van der Waals surface area contributed by atoms with Gasteiger partial charge in [0.1, 0.15) is 6.61 Å². The molecule has 0 amide bonds. The third kappa shape index (κ3) is 3.28. The van der Waals surface area contributed by atoms with Gasteiger partial charge in [-0.15, -0.1) is 0 Å². The Balaban J connectivity index is 2.12. The van der Waals surface area contributed by atoms with Gasteiger partial charge in [-0.3, -0.25) is 0 Å². The molecule has 6 heteroatoms. The van der Waals surface area contributed by atoms with Crippen molar-refractivity contribution in [1.82, 2.24) is 0 Å². The van der Waals surface area contributed by atoms with Gasteiger partial charge < -0.3 is 25.1 Å². The van der Waals surface area contributed by atoms with Crippen molar-refractivity contribution in [3.05, 3.63) is 23.8 Å². The van der Waals surface area contributed by atoms with Gasteiger partial charge in [0.05, 0.1) is 20.8 Å². The molecule has 1 aliphatic carbocycles. The number of carbonyl (C=O) groups is 1. The fourth-order valence-electron chi connectivity index (χ4n) is 2.26. The van der Waals surface area contributed by atoms with E-state index < -0.39 is 11.5 Å². The molecule has 0 aromatic heterocycles. The normalized spacial score (nSPS) is 17.0. The quantitative estimate of drug-likeness (QED) is 0.725. The van der Waals surface area contributed by atoms with Gasteiger partial charge in [-0.1, -0.05) is 6.07 Å². The zero-order valence-electron chi connectivity index (χ0n) is 12.3. The maximum absolute atomic E-state index is 11.9. The van der Waals surface area contributed by atoms with Crippen LogP contribution in [0.5, 0.6) is 11.5 Å². The van der Waals surface area contributed by atoms with Crippen molar-refractivity contribution in [2.75, 3.05) is 20.8 Å². The molecule has 0 saturated heterocycles. The second kappa shape index (κ2) is 6.32. The lowest BCUT2D eigenvalue weighted by Crippen LogP contribution is -2.55. The van der Waals surface area contributed by atoms with Crippen LogP contribution >= 0.6 is 0 Å². The average Bonchev–Trinajstić information content (AvgIpc) is 3.36. The summed E-state index contributed by atoms with van der Waals surface area (Å²) in [6, 6.07) is 5.10. The number of hydrogen-bond acceptors (Lipinski definition) is 6. The van der Waals surface area contributed by atoms with E-state index in [2.05, 4.69) is 0 Å². The summed E-state index contributed by atoms with van der Waals surface area (Å²) in [7, 11) is 2.84. The molecule has 6 nitrogen and oxygen atoms in total. The fraction of sp³-hybridized carbons (Fsp3) is 0.533. The van der Waals surface area contributed by atoms with Crippen LogP contribution < -0.4 is 15.2 Å². The second-order valence-electron chi connectivity index (χ2n) is 5.24. The Morgan fingerprint density at radius 1 is 1.38 bits per heavy atom. The highest BCUT2D eigenvalue weighted by molar-refractivity contribution is 5.81. The molecule has 0 radical (unpaired) electrons. The highest BCUT2D eigenvalue weighted by Gasteiger charge is 2.50. The molecule has 0 spiro atoms. The maximum atomic E-state index is 11.9. The van der Waals surface area contributed by atoms with Gasteiger partial charge in [0.2, 0.25) is 0 Å². The molecule has 0 bridgehead atoms. The summed E-state index contributed by atoms with van der Waals surface area (Å²) in [4.78, 5) is 11.9. The van der Waals surface area contributed by atoms with Crippen molar-refractivity contribution >= 4 is 5.97 Å². The number of aliphatic hydroxyl groups excluding tert-OH is 1. The average molecular weight is 295 g/mol. The molecule has 2 rings (SSSR count). The van der Waals surface area contributed by atoms with Crippen LogP contribution in [0.4, 0.5) is 0 Å². The molecule has 1 unspecified atom stereocenters. The van der Waals surface area contributed by atoms with Crippen LogP contribution in [0.3, 0.4) is 0 Å². The molecular weight excluding hydrogens is 274 g/mol. The minimum atomic E-state index is -1.13. The molecule has 0 aliphatic heterocycles. The first kappa shape index (κ1) is 15.6. The Bertz CT molecular complexity index is 515. The number of aliphatic hydroxyl groups is 1. The summed E-state index contributed by atoms with van der Waals surface area (Å²) in [6.45, 7) is -0.0547. The Morgan fingerprint density at radius 2 is 2.10 bits per heavy atom. The molecule has 3 N–H and O–H groups in total. The summed E-state index contributed by atoms with van der Waals surface area (Å²) in [6.07, 6.45) is 1.80. The topological polar surface area (TPSA) is 91.0 Å². The van der Waals surface area contributed by atoms with Crippen molar-refractivity contribution in [2.24, 2.45) is 11.7 Å². The van der Waals surface area contributed by atoms with Crippen LogP contribution in [0, 0.1) is 5.92 Å². The number of esters is 1. The summed E-state index contributed by atoms with van der Waals surface area (Å²) in [5.74, 6) is 0.599. The summed E-state index contributed by atoms with van der Waals surface area (Å²) >= 11 is 0. The summed E-state index contributed by atoms with van der Waals surface area (Å²) in [5.41, 5.74) is 5.76. The van der Waals surface area contributed by atoms with E-state index in [1.807, 2.05) is 0 Å². The monoisotopic (exact) mass is 295 g/mol. The predicted octanol–water partition coefficient (Wildman–Crippen LogP) is 0.847. The Labute approximate surface area is 123 Å². The van der Waals surface area contributed by atoms with Crippen molar-refractivity contribution in [3.63, 3.8) is 0 Å². The summed E-state index contributed by atoms with van der Waals surface area (Å²) in [5, 5.41) is 9.12. The summed E-state index contributed by atoms with van der Waals surface area (Å²) < 4.78 is 15.7. The van der Waals surface area contributed by atoms with Crippen molar-refractivity contribution in [2.45, 2.75) is 25.0 Å². The molecule has 1 fully saturated rings. The lowest BCUT2D eigenvalue weighted by molar-refractivity contribution is -0.149. The molecule has 1 aromatic carbocycles. The fourth-order valence-corrected chi connectivity index (χ4v) is 2.26. The number of benzene rings is 1. The number of methoxy groups -OCH3 is 2.